The van der Waals surface area contributed by atoms with Crippen LogP contribution in [0.4, 0.5) is 10.1 Å². The van der Waals surface area contributed by atoms with E-state index in [9.17, 15) is 12.8 Å². The van der Waals surface area contributed by atoms with Crippen LogP contribution in [-0.2, 0) is 15.4 Å². The Bertz CT molecular complexity index is 1450. The number of nitrogens with one attached hydrogen (secondary N) is 1. The molecule has 170 valence electrons. The highest BCUT2D eigenvalue weighted by atomic mass is 32.2. The molecule has 8 heteroatoms. The maximum Gasteiger partial charge on any atom is 0.265 e. The van der Waals surface area contributed by atoms with Gasteiger partial charge in [0.2, 0.25) is 0 Å². The molecule has 33 heavy (non-hydrogen) atoms. The molecule has 0 aliphatic carbocycles. The van der Waals surface area contributed by atoms with E-state index in [0.717, 1.165) is 33.1 Å². The maximum absolute atomic E-state index is 14.7. The smallest absolute Gasteiger partial charge is 0.265 e. The van der Waals surface area contributed by atoms with Gasteiger partial charge in [0, 0.05) is 40.4 Å². The number of rotatable bonds is 2. The molecule has 1 N–H and O–H groups in total. The zero-order chi connectivity index (χ0) is 23.5. The Kier molecular flexibility index (Phi) is 5.06. The summed E-state index contributed by atoms with van der Waals surface area (Å²) in [5.41, 5.74) is 4.26. The van der Waals surface area contributed by atoms with Gasteiger partial charge < -0.3 is 0 Å². The molecule has 3 aromatic rings. The van der Waals surface area contributed by atoms with Crippen molar-refractivity contribution in [1.82, 2.24) is 4.98 Å². The number of allylic oxidation sites excluding steroid dienone is 1. The van der Waals surface area contributed by atoms with E-state index in [1.807, 2.05) is 24.5 Å². The van der Waals surface area contributed by atoms with Gasteiger partial charge in [-0.2, -0.15) is 0 Å². The van der Waals surface area contributed by atoms with Crippen LogP contribution in [0.2, 0.25) is 0 Å². The molecule has 2 aliphatic heterocycles. The van der Waals surface area contributed by atoms with Gasteiger partial charge in [0.1, 0.15) is 10.7 Å². The van der Waals surface area contributed by atoms with E-state index in [1.165, 1.54) is 6.07 Å². The molecule has 1 aromatic heterocycles. The molecule has 5 nitrogen and oxygen atoms in total. The maximum atomic E-state index is 14.7. The molecular weight excluding hydrogens is 457 g/mol. The van der Waals surface area contributed by atoms with Crippen molar-refractivity contribution >= 4 is 33.3 Å². The van der Waals surface area contributed by atoms with Gasteiger partial charge >= 0.3 is 0 Å². The first-order chi connectivity index (χ1) is 15.6. The number of aromatic nitrogens is 1. The van der Waals surface area contributed by atoms with Crippen LogP contribution in [0, 0.1) is 5.82 Å². The van der Waals surface area contributed by atoms with Gasteiger partial charge in [-0.25, -0.2) is 17.8 Å². The van der Waals surface area contributed by atoms with Crippen LogP contribution in [0.5, 0.6) is 0 Å². The van der Waals surface area contributed by atoms with Crippen molar-refractivity contribution in [3.63, 3.8) is 0 Å². The summed E-state index contributed by atoms with van der Waals surface area (Å²) < 4.78 is 42.9. The quantitative estimate of drug-likeness (QED) is 0.455. The Labute approximate surface area is 197 Å². The molecule has 2 aromatic carbocycles. The first kappa shape index (κ1) is 22.0. The summed E-state index contributed by atoms with van der Waals surface area (Å²) in [6, 6.07) is 9.90. The minimum absolute atomic E-state index is 0.0768. The lowest BCUT2D eigenvalue weighted by molar-refractivity contribution is 0.570. The molecule has 5 rings (SSSR count). The van der Waals surface area contributed by atoms with Crippen molar-refractivity contribution in [1.29, 1.82) is 0 Å². The molecule has 0 spiro atoms. The van der Waals surface area contributed by atoms with Crippen LogP contribution in [-0.4, -0.2) is 19.6 Å². The number of benzene rings is 2. The fourth-order valence-corrected chi connectivity index (χ4v) is 6.88. The van der Waals surface area contributed by atoms with Crippen LogP contribution in [0.1, 0.15) is 50.7 Å². The highest BCUT2D eigenvalue weighted by molar-refractivity contribution is 7.93. The number of nitrogens with zero attached hydrogens (tertiary/aromatic N) is 2. The number of sulfonamides is 1. The number of fused-ring (bicyclic) bond motifs is 3. The number of aliphatic imine (C=N–C) groups is 1. The molecule has 0 fully saturated rings. The third-order valence-electron chi connectivity index (χ3n) is 5.96. The fourth-order valence-electron chi connectivity index (χ4n) is 4.31. The second-order valence-corrected chi connectivity index (χ2v) is 12.0. The normalized spacial score (nSPS) is 18.8. The zero-order valence-corrected chi connectivity index (χ0v) is 20.4. The van der Waals surface area contributed by atoms with Crippen LogP contribution >= 0.6 is 11.3 Å². The average Bonchev–Trinajstić information content (AvgIpc) is 3.18. The lowest BCUT2D eigenvalue weighted by Crippen LogP contribution is -2.20. The minimum Gasteiger partial charge on any atom is -0.279 e. The van der Waals surface area contributed by atoms with E-state index in [0.29, 0.717) is 16.8 Å². The van der Waals surface area contributed by atoms with E-state index in [-0.39, 0.29) is 16.2 Å². The SMILES string of the molecule is CC1=CN=CCC1c1nc(C(C)(C)C)sc1-c1cccc2c1-c1cccc(F)c1S(=O)(=O)N2. The van der Waals surface area contributed by atoms with E-state index in [4.69, 9.17) is 4.98 Å². The summed E-state index contributed by atoms with van der Waals surface area (Å²) in [4.78, 5) is 10.0. The lowest BCUT2D eigenvalue weighted by Gasteiger charge is -2.25. The van der Waals surface area contributed by atoms with E-state index in [1.54, 1.807) is 29.5 Å². The highest BCUT2D eigenvalue weighted by Crippen LogP contribution is 2.50. The Morgan fingerprint density at radius 1 is 1.12 bits per heavy atom. The van der Waals surface area contributed by atoms with Crippen LogP contribution in [0.3, 0.4) is 0 Å². The zero-order valence-electron chi connectivity index (χ0n) is 18.8. The van der Waals surface area contributed by atoms with Gasteiger partial charge in [-0.1, -0.05) is 45.0 Å². The van der Waals surface area contributed by atoms with Crippen LogP contribution < -0.4 is 4.72 Å². The van der Waals surface area contributed by atoms with Gasteiger partial charge in [0.15, 0.2) is 0 Å². The summed E-state index contributed by atoms with van der Waals surface area (Å²) in [5, 5.41) is 0.997. The summed E-state index contributed by atoms with van der Waals surface area (Å²) >= 11 is 1.61. The molecule has 1 atom stereocenters. The van der Waals surface area contributed by atoms with Gasteiger partial charge in [-0.05, 0) is 31.1 Å². The minimum atomic E-state index is -4.01. The highest BCUT2D eigenvalue weighted by Gasteiger charge is 2.34. The molecule has 3 heterocycles. The largest absolute Gasteiger partial charge is 0.279 e. The van der Waals surface area contributed by atoms with Gasteiger partial charge in [0.05, 0.1) is 21.3 Å². The lowest BCUT2D eigenvalue weighted by atomic mass is 9.88. The Hall–Kier alpha value is -2.84. The predicted octanol–water partition coefficient (Wildman–Crippen LogP) is 6.49. The Morgan fingerprint density at radius 3 is 2.58 bits per heavy atom. The van der Waals surface area contributed by atoms with Crippen molar-refractivity contribution in [2.24, 2.45) is 4.99 Å². The van der Waals surface area contributed by atoms with E-state index < -0.39 is 15.8 Å². The number of thiazole rings is 1. The van der Waals surface area contributed by atoms with Crippen molar-refractivity contribution < 1.29 is 12.8 Å². The van der Waals surface area contributed by atoms with Crippen molar-refractivity contribution in [3.05, 3.63) is 64.7 Å². The topological polar surface area (TPSA) is 71.4 Å². The fraction of sp³-hybridized carbons (Fsp3) is 0.280. The van der Waals surface area contributed by atoms with Crippen molar-refractivity contribution in [2.75, 3.05) is 4.72 Å². The molecule has 0 saturated carbocycles. The summed E-state index contributed by atoms with van der Waals surface area (Å²) in [6.45, 7) is 8.44. The second kappa shape index (κ2) is 7.60. The Morgan fingerprint density at radius 2 is 1.85 bits per heavy atom. The van der Waals surface area contributed by atoms with Gasteiger partial charge in [-0.15, -0.1) is 11.3 Å². The standard InChI is InChI=1S/C25H24FN3O2S2/c1-14-13-27-12-11-15(14)21-22(32-24(28-21)25(2,3)4)16-7-6-10-19-20(16)17-8-5-9-18(26)23(17)33(30,31)29-19/h5-10,12-13,15,29H,11H2,1-4H3. The average molecular weight is 482 g/mol. The molecule has 0 saturated heterocycles. The number of halogens is 1. The third kappa shape index (κ3) is 3.61. The summed E-state index contributed by atoms with van der Waals surface area (Å²) in [5.74, 6) is -0.685. The van der Waals surface area contributed by atoms with Gasteiger partial charge in [0.25, 0.3) is 10.0 Å². The van der Waals surface area contributed by atoms with Crippen molar-refractivity contribution in [3.8, 4) is 21.6 Å². The van der Waals surface area contributed by atoms with Crippen molar-refractivity contribution in [2.45, 2.75) is 50.3 Å². The third-order valence-corrected chi connectivity index (χ3v) is 8.93. The number of hydrogen-bond acceptors (Lipinski definition) is 5. The first-order valence-corrected chi connectivity index (χ1v) is 13.0. The number of anilines is 1. The second-order valence-electron chi connectivity index (χ2n) is 9.43. The molecule has 0 amide bonds. The van der Waals surface area contributed by atoms with E-state index in [2.05, 4.69) is 37.4 Å². The van der Waals surface area contributed by atoms with Crippen LogP contribution in [0.15, 0.2) is 58.1 Å². The van der Waals surface area contributed by atoms with Crippen LogP contribution in [0.25, 0.3) is 21.6 Å². The molecule has 1 unspecified atom stereocenters. The predicted molar refractivity (Wildman–Crippen MR) is 132 cm³/mol. The first-order valence-electron chi connectivity index (χ1n) is 10.7. The monoisotopic (exact) mass is 481 g/mol. The van der Waals surface area contributed by atoms with Gasteiger partial charge in [-0.3, -0.25) is 9.71 Å². The molecule has 0 radical (unpaired) electrons. The molecular formula is C25H24FN3O2S2. The Balaban J connectivity index is 1.81. The molecule has 0 bridgehead atoms. The summed E-state index contributed by atoms with van der Waals surface area (Å²) in [7, 11) is -4.01. The number of hydrogen-bond donors (Lipinski definition) is 1. The van der Waals surface area contributed by atoms with E-state index >= 15 is 0 Å². The molecule has 2 aliphatic rings. The summed E-state index contributed by atoms with van der Waals surface area (Å²) in [6.07, 6.45) is 4.51.